The third kappa shape index (κ3) is 9.10. The predicted molar refractivity (Wildman–Crippen MR) is 111 cm³/mol. The molecule has 12 heteroatoms. The number of benzene rings is 1. The van der Waals surface area contributed by atoms with Gasteiger partial charge in [-0.3, -0.25) is 19.2 Å². The van der Waals surface area contributed by atoms with E-state index in [1.165, 1.54) is 6.92 Å². The molecule has 1 aromatic rings. The van der Waals surface area contributed by atoms with Gasteiger partial charge in [-0.25, -0.2) is 4.79 Å². The van der Waals surface area contributed by atoms with Gasteiger partial charge in [0.05, 0.1) is 12.6 Å². The van der Waals surface area contributed by atoms with E-state index in [-0.39, 0.29) is 12.8 Å². The van der Waals surface area contributed by atoms with Crippen LogP contribution < -0.4 is 21.7 Å². The van der Waals surface area contributed by atoms with Crippen molar-refractivity contribution in [1.29, 1.82) is 0 Å². The Morgan fingerprint density at radius 1 is 0.938 bits per heavy atom. The number of nitrogens with one attached hydrogen (secondary N) is 3. The van der Waals surface area contributed by atoms with Crippen molar-refractivity contribution < 1.29 is 39.3 Å². The van der Waals surface area contributed by atoms with Crippen molar-refractivity contribution in [3.05, 3.63) is 35.9 Å². The summed E-state index contributed by atoms with van der Waals surface area (Å²) < 4.78 is 0. The maximum absolute atomic E-state index is 12.6. The fraction of sp³-hybridized carbons (Fsp3) is 0.450. The molecule has 0 saturated carbocycles. The third-order valence-electron chi connectivity index (χ3n) is 4.44. The monoisotopic (exact) mass is 452 g/mol. The molecule has 3 amide bonds. The first-order chi connectivity index (χ1) is 15.0. The Hall–Kier alpha value is -3.51. The maximum atomic E-state index is 12.6. The van der Waals surface area contributed by atoms with Crippen LogP contribution in [-0.4, -0.2) is 75.8 Å². The Morgan fingerprint density at radius 3 is 2.06 bits per heavy atom. The van der Waals surface area contributed by atoms with Crippen LogP contribution in [-0.2, 0) is 30.4 Å². The molecular formula is C20H28N4O8. The van der Waals surface area contributed by atoms with Gasteiger partial charge in [0, 0.05) is 12.8 Å². The number of amides is 3. The van der Waals surface area contributed by atoms with Crippen molar-refractivity contribution in [3.63, 3.8) is 0 Å². The molecule has 0 saturated heterocycles. The third-order valence-corrected chi connectivity index (χ3v) is 4.44. The minimum absolute atomic E-state index is 0.0316. The summed E-state index contributed by atoms with van der Waals surface area (Å²) in [5, 5.41) is 35.0. The number of aliphatic hydroxyl groups excluding tert-OH is 1. The summed E-state index contributed by atoms with van der Waals surface area (Å²) in [5.74, 6) is -5.13. The van der Waals surface area contributed by atoms with Crippen LogP contribution in [0.5, 0.6) is 0 Å². The molecular weight excluding hydrogens is 424 g/mol. The molecule has 0 fully saturated rings. The van der Waals surface area contributed by atoms with Crippen LogP contribution in [0.25, 0.3) is 0 Å². The summed E-state index contributed by atoms with van der Waals surface area (Å²) in [6.45, 7) is 0.763. The molecule has 0 heterocycles. The van der Waals surface area contributed by atoms with E-state index < -0.39 is 66.9 Å². The Morgan fingerprint density at radius 2 is 1.56 bits per heavy atom. The van der Waals surface area contributed by atoms with Crippen LogP contribution in [0.15, 0.2) is 30.3 Å². The van der Waals surface area contributed by atoms with Crippen LogP contribution in [0.2, 0.25) is 0 Å². The lowest BCUT2D eigenvalue weighted by Crippen LogP contribution is -2.59. The quantitative estimate of drug-likeness (QED) is 0.176. The summed E-state index contributed by atoms with van der Waals surface area (Å²) in [7, 11) is 0. The zero-order valence-electron chi connectivity index (χ0n) is 17.5. The molecule has 0 aliphatic heterocycles. The fourth-order valence-electron chi connectivity index (χ4n) is 2.76. The zero-order valence-corrected chi connectivity index (χ0v) is 17.5. The molecule has 0 radical (unpaired) electrons. The highest BCUT2D eigenvalue weighted by atomic mass is 16.4. The van der Waals surface area contributed by atoms with Gasteiger partial charge in [0.2, 0.25) is 17.7 Å². The number of rotatable bonds is 13. The average molecular weight is 452 g/mol. The molecule has 32 heavy (non-hydrogen) atoms. The molecule has 0 aliphatic carbocycles. The Labute approximate surface area is 184 Å². The molecule has 1 rings (SSSR count). The van der Waals surface area contributed by atoms with Crippen molar-refractivity contribution in [2.45, 2.75) is 50.4 Å². The van der Waals surface area contributed by atoms with Gasteiger partial charge in [0.1, 0.15) is 18.1 Å². The molecule has 4 unspecified atom stereocenters. The first-order valence-corrected chi connectivity index (χ1v) is 9.81. The van der Waals surface area contributed by atoms with Gasteiger partial charge < -0.3 is 37.0 Å². The average Bonchev–Trinajstić information content (AvgIpc) is 2.74. The second-order valence-electron chi connectivity index (χ2n) is 7.07. The number of aliphatic carboxylic acids is 2. The smallest absolute Gasteiger partial charge is 0.326 e. The highest BCUT2D eigenvalue weighted by Gasteiger charge is 2.32. The zero-order chi connectivity index (χ0) is 24.3. The lowest BCUT2D eigenvalue weighted by molar-refractivity contribution is -0.143. The largest absolute Gasteiger partial charge is 0.481 e. The van der Waals surface area contributed by atoms with E-state index in [4.69, 9.17) is 10.8 Å². The fourth-order valence-corrected chi connectivity index (χ4v) is 2.76. The number of carbonyl (C=O) groups is 5. The lowest BCUT2D eigenvalue weighted by Gasteiger charge is -2.26. The SMILES string of the molecule is CC(O)C(NC(=O)C(CCC(=O)O)NC(=O)CN)C(=O)NC(Cc1ccccc1)C(=O)O. The molecule has 0 aliphatic rings. The van der Waals surface area contributed by atoms with Crippen molar-refractivity contribution >= 4 is 29.7 Å². The number of hydrogen-bond acceptors (Lipinski definition) is 7. The number of aliphatic hydroxyl groups is 1. The van der Waals surface area contributed by atoms with E-state index in [0.29, 0.717) is 5.56 Å². The number of carboxylic acids is 2. The number of carboxylic acid groups (broad SMARTS) is 2. The molecule has 8 N–H and O–H groups in total. The molecule has 12 nitrogen and oxygen atoms in total. The van der Waals surface area contributed by atoms with Gasteiger partial charge in [-0.05, 0) is 18.9 Å². The molecule has 0 spiro atoms. The second-order valence-corrected chi connectivity index (χ2v) is 7.07. The van der Waals surface area contributed by atoms with Gasteiger partial charge in [0.25, 0.3) is 0 Å². The summed E-state index contributed by atoms with van der Waals surface area (Å²) in [4.78, 5) is 59.2. The van der Waals surface area contributed by atoms with Crippen molar-refractivity contribution in [2.75, 3.05) is 6.54 Å². The van der Waals surface area contributed by atoms with Crippen LogP contribution in [0, 0.1) is 0 Å². The van der Waals surface area contributed by atoms with Gasteiger partial charge in [-0.15, -0.1) is 0 Å². The number of hydrogen-bond donors (Lipinski definition) is 7. The van der Waals surface area contributed by atoms with Crippen LogP contribution in [0.3, 0.4) is 0 Å². The van der Waals surface area contributed by atoms with Crippen molar-refractivity contribution in [2.24, 2.45) is 5.73 Å². The van der Waals surface area contributed by atoms with Gasteiger partial charge >= 0.3 is 11.9 Å². The molecule has 0 aromatic heterocycles. The molecule has 0 bridgehead atoms. The highest BCUT2D eigenvalue weighted by Crippen LogP contribution is 2.06. The lowest BCUT2D eigenvalue weighted by atomic mass is 10.0. The summed E-state index contributed by atoms with van der Waals surface area (Å²) in [6.07, 6.45) is -2.19. The van der Waals surface area contributed by atoms with Gasteiger partial charge in [-0.2, -0.15) is 0 Å². The van der Waals surface area contributed by atoms with E-state index in [2.05, 4.69) is 16.0 Å². The van der Waals surface area contributed by atoms with Crippen LogP contribution >= 0.6 is 0 Å². The first kappa shape index (κ1) is 26.5. The Kier molecular flexibility index (Phi) is 10.8. The second kappa shape index (κ2) is 13.0. The van der Waals surface area contributed by atoms with E-state index >= 15 is 0 Å². The molecule has 4 atom stereocenters. The summed E-state index contributed by atoms with van der Waals surface area (Å²) >= 11 is 0. The van der Waals surface area contributed by atoms with E-state index in [1.54, 1.807) is 30.3 Å². The first-order valence-electron chi connectivity index (χ1n) is 9.81. The highest BCUT2D eigenvalue weighted by molar-refractivity contribution is 5.94. The number of carbonyl (C=O) groups excluding carboxylic acids is 3. The van der Waals surface area contributed by atoms with E-state index in [9.17, 15) is 34.2 Å². The van der Waals surface area contributed by atoms with E-state index in [1.807, 2.05) is 0 Å². The van der Waals surface area contributed by atoms with Gasteiger partial charge in [0.15, 0.2) is 0 Å². The van der Waals surface area contributed by atoms with Crippen LogP contribution in [0.1, 0.15) is 25.3 Å². The normalized spacial score (nSPS) is 14.3. The Balaban J connectivity index is 2.92. The minimum atomic E-state index is -1.55. The van der Waals surface area contributed by atoms with E-state index in [0.717, 1.165) is 0 Å². The van der Waals surface area contributed by atoms with Gasteiger partial charge in [-0.1, -0.05) is 30.3 Å². The Bertz CT molecular complexity index is 815. The number of nitrogens with two attached hydrogens (primary N) is 1. The molecule has 176 valence electrons. The predicted octanol–water partition coefficient (Wildman–Crippen LogP) is -2.03. The van der Waals surface area contributed by atoms with Crippen LogP contribution in [0.4, 0.5) is 0 Å². The summed E-state index contributed by atoms with van der Waals surface area (Å²) in [5.41, 5.74) is 5.85. The van der Waals surface area contributed by atoms with Crippen molar-refractivity contribution in [3.8, 4) is 0 Å². The standard InChI is InChI=1S/C20H28N4O8/c1-11(25)17(24-18(29)13(7-8-16(27)28)22-15(26)10-21)19(30)23-14(20(31)32)9-12-5-3-2-4-6-12/h2-6,11,13-14,17,25H,7-10,21H2,1H3,(H,22,26)(H,23,30)(H,24,29)(H,27,28)(H,31,32). The van der Waals surface area contributed by atoms with Crippen molar-refractivity contribution in [1.82, 2.24) is 16.0 Å². The summed E-state index contributed by atoms with van der Waals surface area (Å²) in [6, 6.07) is 4.33. The topological polar surface area (TPSA) is 208 Å². The maximum Gasteiger partial charge on any atom is 0.326 e. The molecule has 1 aromatic carbocycles. The minimum Gasteiger partial charge on any atom is -0.481 e.